The summed E-state index contributed by atoms with van der Waals surface area (Å²) in [6, 6.07) is 9.80. The average molecular weight is 260 g/mol. The number of nitrogens with one attached hydrogen (secondary N) is 1. The molecule has 1 aromatic carbocycles. The number of benzene rings is 1. The van der Waals surface area contributed by atoms with Gasteiger partial charge in [-0.2, -0.15) is 0 Å². The highest BCUT2D eigenvalue weighted by atomic mass is 15.1. The van der Waals surface area contributed by atoms with Gasteiger partial charge in [-0.1, -0.05) is 44.0 Å². The molecule has 1 aliphatic carbocycles. The van der Waals surface area contributed by atoms with Crippen LogP contribution in [-0.2, 0) is 13.1 Å². The molecule has 106 valence electrons. The smallest absolute Gasteiger partial charge is 0.0233 e. The quantitative estimate of drug-likeness (QED) is 0.872. The van der Waals surface area contributed by atoms with E-state index < -0.39 is 0 Å². The monoisotopic (exact) mass is 260 g/mol. The fraction of sp³-hybridized carbons (Fsp3) is 0.647. The first-order valence-corrected chi connectivity index (χ1v) is 7.63. The Balaban J connectivity index is 1.92. The van der Waals surface area contributed by atoms with Gasteiger partial charge in [0.2, 0.25) is 0 Å². The predicted octanol–water partition coefficient (Wildman–Crippen LogP) is 3.42. The minimum Gasteiger partial charge on any atom is -0.316 e. The van der Waals surface area contributed by atoms with Crippen LogP contribution in [0.1, 0.15) is 43.7 Å². The largest absolute Gasteiger partial charge is 0.316 e. The van der Waals surface area contributed by atoms with Gasteiger partial charge < -0.3 is 5.32 Å². The summed E-state index contributed by atoms with van der Waals surface area (Å²) in [4.78, 5) is 2.55. The van der Waals surface area contributed by atoms with Crippen LogP contribution < -0.4 is 5.32 Å². The minimum atomic E-state index is 0.769. The molecular formula is C17H28N2. The zero-order chi connectivity index (χ0) is 13.7. The Morgan fingerprint density at radius 1 is 1.11 bits per heavy atom. The van der Waals surface area contributed by atoms with Crippen molar-refractivity contribution in [3.05, 3.63) is 35.4 Å². The summed E-state index contributed by atoms with van der Waals surface area (Å²) in [5.41, 5.74) is 2.79. The van der Waals surface area contributed by atoms with E-state index in [2.05, 4.69) is 48.5 Å². The number of rotatable bonds is 5. The van der Waals surface area contributed by atoms with E-state index in [0.717, 1.165) is 25.0 Å². The van der Waals surface area contributed by atoms with Crippen molar-refractivity contribution in [1.29, 1.82) is 0 Å². The van der Waals surface area contributed by atoms with Crippen LogP contribution in [0.3, 0.4) is 0 Å². The maximum Gasteiger partial charge on any atom is 0.0233 e. The molecule has 1 fully saturated rings. The highest BCUT2D eigenvalue weighted by Crippen LogP contribution is 2.28. The third-order valence-electron chi connectivity index (χ3n) is 4.47. The Labute approximate surface area is 118 Å². The lowest BCUT2D eigenvalue weighted by atomic mass is 9.85. The van der Waals surface area contributed by atoms with Crippen molar-refractivity contribution >= 4 is 0 Å². The van der Waals surface area contributed by atoms with Gasteiger partial charge in [-0.15, -0.1) is 0 Å². The lowest BCUT2D eigenvalue weighted by Crippen LogP contribution is -2.38. The van der Waals surface area contributed by atoms with Crippen LogP contribution in [0.5, 0.6) is 0 Å². The topological polar surface area (TPSA) is 15.3 Å². The third-order valence-corrected chi connectivity index (χ3v) is 4.47. The molecule has 1 aromatic rings. The second kappa shape index (κ2) is 7.06. The van der Waals surface area contributed by atoms with Crippen molar-refractivity contribution in [3.63, 3.8) is 0 Å². The first kappa shape index (κ1) is 14.5. The van der Waals surface area contributed by atoms with Gasteiger partial charge >= 0.3 is 0 Å². The van der Waals surface area contributed by atoms with Gasteiger partial charge in [-0.25, -0.2) is 0 Å². The van der Waals surface area contributed by atoms with Gasteiger partial charge in [-0.05, 0) is 44.0 Å². The van der Waals surface area contributed by atoms with Crippen LogP contribution in [0, 0.1) is 5.92 Å². The Bertz CT molecular complexity index is 371. The van der Waals surface area contributed by atoms with E-state index in [-0.39, 0.29) is 0 Å². The van der Waals surface area contributed by atoms with Gasteiger partial charge in [-0.3, -0.25) is 4.90 Å². The van der Waals surface area contributed by atoms with Gasteiger partial charge in [0, 0.05) is 19.1 Å². The summed E-state index contributed by atoms with van der Waals surface area (Å²) in [5.74, 6) is 0.849. The molecule has 0 heterocycles. The maximum atomic E-state index is 3.19. The molecule has 0 radical (unpaired) electrons. The summed E-state index contributed by atoms with van der Waals surface area (Å²) in [6.45, 7) is 4.45. The van der Waals surface area contributed by atoms with Crippen molar-refractivity contribution in [3.8, 4) is 0 Å². The number of nitrogens with zero attached hydrogens (tertiary/aromatic N) is 1. The molecule has 19 heavy (non-hydrogen) atoms. The predicted molar refractivity (Wildman–Crippen MR) is 82.1 cm³/mol. The summed E-state index contributed by atoms with van der Waals surface area (Å²) in [7, 11) is 4.28. The molecular weight excluding hydrogens is 232 g/mol. The molecule has 0 saturated heterocycles. The molecule has 0 spiro atoms. The zero-order valence-electron chi connectivity index (χ0n) is 12.7. The van der Waals surface area contributed by atoms with E-state index in [0.29, 0.717) is 0 Å². The number of hydrogen-bond donors (Lipinski definition) is 1. The van der Waals surface area contributed by atoms with Crippen LogP contribution in [-0.4, -0.2) is 25.0 Å². The van der Waals surface area contributed by atoms with Crippen molar-refractivity contribution in [2.45, 2.75) is 51.7 Å². The SMILES string of the molecule is CNCc1ccc(CN(C)C2CCCCC2C)cc1. The molecule has 2 rings (SSSR count). The standard InChI is InChI=1S/C17H28N2/c1-14-6-4-5-7-17(14)19(3)13-16-10-8-15(9-11-16)12-18-2/h8-11,14,17-18H,4-7,12-13H2,1-3H3. The van der Waals surface area contributed by atoms with Crippen LogP contribution >= 0.6 is 0 Å². The molecule has 1 N–H and O–H groups in total. The molecule has 2 atom stereocenters. The highest BCUT2D eigenvalue weighted by Gasteiger charge is 2.24. The van der Waals surface area contributed by atoms with Gasteiger partial charge in [0.05, 0.1) is 0 Å². The Morgan fingerprint density at radius 3 is 2.37 bits per heavy atom. The molecule has 2 unspecified atom stereocenters. The van der Waals surface area contributed by atoms with Crippen molar-refractivity contribution in [2.24, 2.45) is 5.92 Å². The van der Waals surface area contributed by atoms with E-state index >= 15 is 0 Å². The molecule has 2 nitrogen and oxygen atoms in total. The van der Waals surface area contributed by atoms with E-state index in [1.165, 1.54) is 36.8 Å². The molecule has 0 aliphatic heterocycles. The van der Waals surface area contributed by atoms with Gasteiger partial charge in [0.25, 0.3) is 0 Å². The van der Waals surface area contributed by atoms with Crippen LogP contribution in [0.15, 0.2) is 24.3 Å². The van der Waals surface area contributed by atoms with Crippen molar-refractivity contribution in [1.82, 2.24) is 10.2 Å². The summed E-state index contributed by atoms with van der Waals surface area (Å²) in [6.07, 6.45) is 5.59. The molecule has 2 heteroatoms. The molecule has 0 aromatic heterocycles. The second-order valence-corrected chi connectivity index (χ2v) is 6.09. The molecule has 0 bridgehead atoms. The normalized spacial score (nSPS) is 23.8. The van der Waals surface area contributed by atoms with E-state index in [1.54, 1.807) is 0 Å². The molecule has 0 amide bonds. The van der Waals surface area contributed by atoms with E-state index in [1.807, 2.05) is 7.05 Å². The Hall–Kier alpha value is -0.860. The summed E-state index contributed by atoms with van der Waals surface area (Å²) in [5, 5.41) is 3.19. The fourth-order valence-corrected chi connectivity index (χ4v) is 3.32. The molecule has 1 aliphatic rings. The molecule has 1 saturated carbocycles. The minimum absolute atomic E-state index is 0.769. The lowest BCUT2D eigenvalue weighted by Gasteiger charge is -2.36. The van der Waals surface area contributed by atoms with E-state index in [4.69, 9.17) is 0 Å². The van der Waals surface area contributed by atoms with E-state index in [9.17, 15) is 0 Å². The fourth-order valence-electron chi connectivity index (χ4n) is 3.32. The second-order valence-electron chi connectivity index (χ2n) is 6.09. The first-order valence-electron chi connectivity index (χ1n) is 7.63. The lowest BCUT2D eigenvalue weighted by molar-refractivity contribution is 0.133. The Kier molecular flexibility index (Phi) is 5.41. The van der Waals surface area contributed by atoms with Crippen LogP contribution in [0.4, 0.5) is 0 Å². The van der Waals surface area contributed by atoms with Crippen LogP contribution in [0.2, 0.25) is 0 Å². The third kappa shape index (κ3) is 4.05. The maximum absolute atomic E-state index is 3.19. The number of hydrogen-bond acceptors (Lipinski definition) is 2. The summed E-state index contributed by atoms with van der Waals surface area (Å²) >= 11 is 0. The summed E-state index contributed by atoms with van der Waals surface area (Å²) < 4.78 is 0. The first-order chi connectivity index (χ1) is 9.20. The van der Waals surface area contributed by atoms with Gasteiger partial charge in [0.1, 0.15) is 0 Å². The van der Waals surface area contributed by atoms with Gasteiger partial charge in [0.15, 0.2) is 0 Å². The average Bonchev–Trinajstić information content (AvgIpc) is 2.42. The zero-order valence-corrected chi connectivity index (χ0v) is 12.7. The Morgan fingerprint density at radius 2 is 1.74 bits per heavy atom. The van der Waals surface area contributed by atoms with Crippen molar-refractivity contribution < 1.29 is 0 Å². The highest BCUT2D eigenvalue weighted by molar-refractivity contribution is 5.22. The van der Waals surface area contributed by atoms with Crippen molar-refractivity contribution in [2.75, 3.05) is 14.1 Å². The van der Waals surface area contributed by atoms with Crippen LogP contribution in [0.25, 0.3) is 0 Å².